The normalized spacial score (nSPS) is 11.7. The van der Waals surface area contributed by atoms with Crippen LogP contribution in [0.25, 0.3) is 54.9 Å². The monoisotopic (exact) mass is 708 g/mol. The van der Waals surface area contributed by atoms with Gasteiger partial charge in [0.1, 0.15) is 0 Å². The number of fused-ring (bicyclic) bond motifs is 10. The fraction of sp³-hybridized carbons (Fsp3) is 0.0435. The van der Waals surface area contributed by atoms with E-state index in [1.54, 1.807) is 24.3 Å². The Bertz CT molecular complexity index is 2470. The fourth-order valence-electron chi connectivity index (χ4n) is 7.31. The summed E-state index contributed by atoms with van der Waals surface area (Å²) < 4.78 is 1.15. The Morgan fingerprint density at radius 3 is 1.46 bits per heavy atom. The molecule has 0 atom stereocenters. The van der Waals surface area contributed by atoms with Crippen LogP contribution in [0.3, 0.4) is 0 Å². The second-order valence-corrected chi connectivity index (χ2v) is 13.7. The van der Waals surface area contributed by atoms with E-state index in [4.69, 9.17) is 10.0 Å². The molecule has 2 aliphatic carbocycles. The second kappa shape index (κ2) is 13.9. The molecule has 0 heterocycles. The van der Waals surface area contributed by atoms with E-state index in [1.807, 2.05) is 6.07 Å². The molecule has 4 heteroatoms. The largest absolute Gasteiger partial charge is 0.488 e. The minimum Gasteiger partial charge on any atom is -0.423 e. The Hall–Kier alpha value is -5.26. The van der Waals surface area contributed by atoms with Gasteiger partial charge in [-0.1, -0.05) is 168 Å². The van der Waals surface area contributed by atoms with E-state index in [9.17, 15) is 0 Å². The van der Waals surface area contributed by atoms with Crippen LogP contribution < -0.4 is 5.46 Å². The summed E-state index contributed by atoms with van der Waals surface area (Å²) in [7, 11) is -1.34. The van der Waals surface area contributed by atoms with Crippen LogP contribution in [0, 0.1) is 0 Å². The predicted molar refractivity (Wildman–Crippen MR) is 214 cm³/mol. The van der Waals surface area contributed by atoms with Crippen LogP contribution in [0.1, 0.15) is 22.3 Å². The van der Waals surface area contributed by atoms with Gasteiger partial charge in [0, 0.05) is 4.47 Å². The maximum absolute atomic E-state index is 8.58. The molecule has 0 saturated carbocycles. The summed E-state index contributed by atoms with van der Waals surface area (Å²) in [6.45, 7) is 0. The van der Waals surface area contributed by atoms with Crippen molar-refractivity contribution in [3.8, 4) is 33.4 Å². The van der Waals surface area contributed by atoms with Crippen molar-refractivity contribution in [2.24, 2.45) is 0 Å². The smallest absolute Gasteiger partial charge is 0.423 e. The summed E-state index contributed by atoms with van der Waals surface area (Å²) in [6.07, 6.45) is 2.12. The summed E-state index contributed by atoms with van der Waals surface area (Å²) in [5, 5.41) is 22.5. The minimum atomic E-state index is -1.34. The molecular weight excluding hydrogens is 675 g/mol. The van der Waals surface area contributed by atoms with Crippen LogP contribution in [0.2, 0.25) is 0 Å². The van der Waals surface area contributed by atoms with Crippen LogP contribution in [-0.4, -0.2) is 17.2 Å². The van der Waals surface area contributed by atoms with Gasteiger partial charge in [0.25, 0.3) is 0 Å². The van der Waals surface area contributed by atoms with Crippen molar-refractivity contribution in [3.63, 3.8) is 0 Å². The molecule has 50 heavy (non-hydrogen) atoms. The average molecular weight is 709 g/mol. The zero-order valence-corrected chi connectivity index (χ0v) is 29.0. The highest BCUT2D eigenvalue weighted by Crippen LogP contribution is 2.43. The van der Waals surface area contributed by atoms with Gasteiger partial charge in [0.05, 0.1) is 0 Å². The lowest BCUT2D eigenvalue weighted by Crippen LogP contribution is -2.29. The second-order valence-electron chi connectivity index (χ2n) is 12.8. The van der Waals surface area contributed by atoms with Gasteiger partial charge in [-0.15, -0.1) is 0 Å². The third-order valence-corrected chi connectivity index (χ3v) is 10.2. The van der Waals surface area contributed by atoms with E-state index in [2.05, 4.69) is 155 Å². The van der Waals surface area contributed by atoms with Gasteiger partial charge in [-0.25, -0.2) is 0 Å². The summed E-state index contributed by atoms with van der Waals surface area (Å²) in [6, 6.07) is 59.2. The molecule has 0 unspecified atom stereocenters. The summed E-state index contributed by atoms with van der Waals surface area (Å²) >= 11 is 3.58. The van der Waals surface area contributed by atoms with Gasteiger partial charge in [-0.2, -0.15) is 0 Å². The van der Waals surface area contributed by atoms with E-state index >= 15 is 0 Å². The molecule has 2 N–H and O–H groups in total. The third kappa shape index (κ3) is 6.30. The van der Waals surface area contributed by atoms with Crippen LogP contribution in [0.4, 0.5) is 0 Å². The maximum atomic E-state index is 8.58. The van der Waals surface area contributed by atoms with Crippen molar-refractivity contribution < 1.29 is 10.0 Å². The lowest BCUT2D eigenvalue weighted by Gasteiger charge is -2.09. The Balaban J connectivity index is 0.000000119. The van der Waals surface area contributed by atoms with Crippen molar-refractivity contribution >= 4 is 50.1 Å². The van der Waals surface area contributed by atoms with Crippen molar-refractivity contribution in [2.45, 2.75) is 12.8 Å². The van der Waals surface area contributed by atoms with Crippen molar-refractivity contribution in [3.05, 3.63) is 197 Å². The van der Waals surface area contributed by atoms with E-state index in [-0.39, 0.29) is 0 Å². The first-order chi connectivity index (χ1) is 24.5. The molecule has 0 amide bonds. The first-order valence-electron chi connectivity index (χ1n) is 16.9. The molecule has 0 aromatic heterocycles. The van der Waals surface area contributed by atoms with Crippen molar-refractivity contribution in [1.82, 2.24) is 0 Å². The zero-order chi connectivity index (χ0) is 34.0. The topological polar surface area (TPSA) is 40.5 Å². The standard InChI is InChI=1S/C23H16.C17H11Br.C6H7BO2/c1-2-6-16(7-3-1)18-12-10-17-11-13-20-14-19-8-4-5-9-21(19)23(20)22(17)15-18;18-14-8-7-11-5-6-13-9-12-3-1-2-4-15(12)17(13)16(11)10-14;8-7(9)6-4-2-1-3-5-6/h1-13,15H,14H2;1-8,10H,9H2;1-5,8-9H. The first-order valence-corrected chi connectivity index (χ1v) is 17.7. The van der Waals surface area contributed by atoms with Crippen molar-refractivity contribution in [2.75, 3.05) is 0 Å². The third-order valence-electron chi connectivity index (χ3n) is 9.72. The molecule has 0 bridgehead atoms. The van der Waals surface area contributed by atoms with Gasteiger partial charge >= 0.3 is 7.12 Å². The molecule has 0 spiro atoms. The van der Waals surface area contributed by atoms with E-state index in [0.29, 0.717) is 5.46 Å². The summed E-state index contributed by atoms with van der Waals surface area (Å²) in [5.41, 5.74) is 14.5. The Labute approximate surface area is 301 Å². The molecule has 0 radical (unpaired) electrons. The van der Waals surface area contributed by atoms with Crippen LogP contribution in [0.15, 0.2) is 174 Å². The first kappa shape index (κ1) is 32.0. The molecule has 240 valence electrons. The predicted octanol–water partition coefficient (Wildman–Crippen LogP) is 10.6. The maximum Gasteiger partial charge on any atom is 0.488 e. The van der Waals surface area contributed by atoms with Crippen LogP contribution >= 0.6 is 15.9 Å². The lowest BCUT2D eigenvalue weighted by molar-refractivity contribution is 0.426. The number of benzene rings is 8. The van der Waals surface area contributed by atoms with Gasteiger partial charge in [-0.3, -0.25) is 0 Å². The number of rotatable bonds is 2. The van der Waals surface area contributed by atoms with Gasteiger partial charge in [0.15, 0.2) is 0 Å². The van der Waals surface area contributed by atoms with Gasteiger partial charge in [-0.05, 0) is 114 Å². The summed E-state index contributed by atoms with van der Waals surface area (Å²) in [5.74, 6) is 0. The highest BCUT2D eigenvalue weighted by Gasteiger charge is 2.21. The highest BCUT2D eigenvalue weighted by molar-refractivity contribution is 9.10. The molecule has 2 nitrogen and oxygen atoms in total. The number of hydrogen-bond donors (Lipinski definition) is 2. The van der Waals surface area contributed by atoms with E-state index in [0.717, 1.165) is 17.3 Å². The van der Waals surface area contributed by atoms with Gasteiger partial charge in [0.2, 0.25) is 0 Å². The lowest BCUT2D eigenvalue weighted by atomic mass is 9.81. The molecule has 8 aromatic rings. The SMILES string of the molecule is Brc1ccc2ccc3c(c2c1)-c1ccccc1C3.OB(O)c1ccccc1.c1ccc(-c2ccc3ccc4c(c3c2)-c2ccccc2C4)cc1. The fourth-order valence-corrected chi connectivity index (χ4v) is 7.68. The number of halogens is 1. The molecule has 2 aliphatic rings. The van der Waals surface area contributed by atoms with Crippen molar-refractivity contribution in [1.29, 1.82) is 0 Å². The number of hydrogen-bond acceptors (Lipinski definition) is 2. The molecular formula is C46H34BBrO2. The van der Waals surface area contributed by atoms with E-state index < -0.39 is 7.12 Å². The minimum absolute atomic E-state index is 0.525. The molecule has 8 aromatic carbocycles. The zero-order valence-electron chi connectivity index (χ0n) is 27.4. The Morgan fingerprint density at radius 1 is 0.420 bits per heavy atom. The van der Waals surface area contributed by atoms with E-state index in [1.165, 1.54) is 77.2 Å². The molecule has 10 rings (SSSR count). The Morgan fingerprint density at radius 2 is 0.900 bits per heavy atom. The highest BCUT2D eigenvalue weighted by atomic mass is 79.9. The van der Waals surface area contributed by atoms with Gasteiger partial charge < -0.3 is 10.0 Å². The molecule has 0 fully saturated rings. The van der Waals surface area contributed by atoms with Crippen LogP contribution in [0.5, 0.6) is 0 Å². The molecule has 0 saturated heterocycles. The quantitative estimate of drug-likeness (QED) is 0.176. The molecule has 0 aliphatic heterocycles. The Kier molecular flexibility index (Phi) is 8.91. The van der Waals surface area contributed by atoms with Crippen LogP contribution in [-0.2, 0) is 12.8 Å². The average Bonchev–Trinajstić information content (AvgIpc) is 3.75. The summed E-state index contributed by atoms with van der Waals surface area (Å²) in [4.78, 5) is 0.